The summed E-state index contributed by atoms with van der Waals surface area (Å²) in [5.74, 6) is 0.0867. The molecule has 0 atom stereocenters. The maximum atomic E-state index is 11.8. The van der Waals surface area contributed by atoms with Crippen LogP contribution in [-0.2, 0) is 11.3 Å². The van der Waals surface area contributed by atoms with E-state index in [1.807, 2.05) is 18.2 Å². The lowest BCUT2D eigenvalue weighted by Gasteiger charge is -1.95. The Balaban J connectivity index is 2.49. The van der Waals surface area contributed by atoms with Gasteiger partial charge in [0.05, 0.1) is 16.6 Å². The first-order chi connectivity index (χ1) is 7.22. The van der Waals surface area contributed by atoms with E-state index in [2.05, 4.69) is 0 Å². The lowest BCUT2D eigenvalue weighted by atomic mass is 10.3. The Kier molecular flexibility index (Phi) is 2.68. The average Bonchev–Trinajstić information content (AvgIpc) is 2.57. The van der Waals surface area contributed by atoms with Crippen molar-refractivity contribution in [2.45, 2.75) is 19.9 Å². The van der Waals surface area contributed by atoms with Gasteiger partial charge in [-0.3, -0.25) is 13.5 Å². The highest BCUT2D eigenvalue weighted by Gasteiger charge is 2.08. The topological polar surface area (TPSA) is 39.1 Å². The number of carbonyl (C=O) groups is 1. The third kappa shape index (κ3) is 1.85. The van der Waals surface area contributed by atoms with Crippen LogP contribution < -0.4 is 5.56 Å². The highest BCUT2D eigenvalue weighted by atomic mass is 32.1. The predicted molar refractivity (Wildman–Crippen MR) is 61.4 cm³/mol. The fourth-order valence-corrected chi connectivity index (χ4v) is 2.41. The second-order valence-electron chi connectivity index (χ2n) is 3.32. The molecule has 0 radical (unpaired) electrons. The summed E-state index contributed by atoms with van der Waals surface area (Å²) < 4.78 is 2.46. The minimum absolute atomic E-state index is 0.0580. The minimum atomic E-state index is -0.0580. The van der Waals surface area contributed by atoms with Crippen molar-refractivity contribution < 1.29 is 4.79 Å². The highest BCUT2D eigenvalue weighted by molar-refractivity contribution is 7.13. The Morgan fingerprint density at radius 3 is 2.80 bits per heavy atom. The van der Waals surface area contributed by atoms with E-state index in [4.69, 9.17) is 0 Å². The van der Waals surface area contributed by atoms with Crippen LogP contribution in [0.5, 0.6) is 0 Å². The van der Waals surface area contributed by atoms with Gasteiger partial charge in [-0.25, -0.2) is 0 Å². The number of fused-ring (bicyclic) bond motifs is 1. The second kappa shape index (κ2) is 3.98. The molecule has 1 heterocycles. The first kappa shape index (κ1) is 10.1. The number of Topliss-reactive ketones (excluding diaryl/α,β-unsaturated/α-hetero) is 1. The van der Waals surface area contributed by atoms with Crippen LogP contribution in [0.1, 0.15) is 13.3 Å². The number of hydrogen-bond acceptors (Lipinski definition) is 3. The Morgan fingerprint density at radius 2 is 2.13 bits per heavy atom. The molecule has 0 aliphatic heterocycles. The van der Waals surface area contributed by atoms with Crippen LogP contribution in [0, 0.1) is 0 Å². The first-order valence-electron chi connectivity index (χ1n) is 4.83. The lowest BCUT2D eigenvalue weighted by molar-refractivity contribution is -0.119. The van der Waals surface area contributed by atoms with Gasteiger partial charge in [-0.1, -0.05) is 30.6 Å². The average molecular weight is 221 g/mol. The molecule has 0 fully saturated rings. The highest BCUT2D eigenvalue weighted by Crippen LogP contribution is 2.15. The molecule has 0 spiro atoms. The van der Waals surface area contributed by atoms with Crippen molar-refractivity contribution in [3.63, 3.8) is 0 Å². The van der Waals surface area contributed by atoms with Crippen molar-refractivity contribution in [3.8, 4) is 0 Å². The maximum absolute atomic E-state index is 11.8. The molecular formula is C11H11NO2S. The normalized spacial score (nSPS) is 10.7. The van der Waals surface area contributed by atoms with Gasteiger partial charge >= 0.3 is 0 Å². The van der Waals surface area contributed by atoms with E-state index >= 15 is 0 Å². The predicted octanol–water partition coefficient (Wildman–Crippen LogP) is 2.04. The number of rotatable bonds is 3. The second-order valence-corrected chi connectivity index (χ2v) is 4.38. The summed E-state index contributed by atoms with van der Waals surface area (Å²) in [7, 11) is 0. The van der Waals surface area contributed by atoms with Gasteiger partial charge in [0, 0.05) is 6.42 Å². The monoisotopic (exact) mass is 221 g/mol. The lowest BCUT2D eigenvalue weighted by Crippen LogP contribution is -2.18. The summed E-state index contributed by atoms with van der Waals surface area (Å²) in [5, 5.41) is 0.700. The van der Waals surface area contributed by atoms with E-state index in [-0.39, 0.29) is 17.9 Å². The SMILES string of the molecule is CCC(=O)Cn1sc2ccccc2c1=O. The third-order valence-electron chi connectivity index (χ3n) is 2.27. The first-order valence-corrected chi connectivity index (χ1v) is 5.60. The number of benzene rings is 1. The summed E-state index contributed by atoms with van der Waals surface area (Å²) in [6, 6.07) is 7.42. The Morgan fingerprint density at radius 1 is 1.40 bits per heavy atom. The molecule has 0 saturated heterocycles. The maximum Gasteiger partial charge on any atom is 0.268 e. The zero-order valence-corrected chi connectivity index (χ0v) is 9.21. The summed E-state index contributed by atoms with van der Waals surface area (Å²) in [6.07, 6.45) is 0.473. The van der Waals surface area contributed by atoms with Crippen molar-refractivity contribution >= 4 is 27.4 Å². The largest absolute Gasteiger partial charge is 0.298 e. The van der Waals surface area contributed by atoms with E-state index < -0.39 is 0 Å². The van der Waals surface area contributed by atoms with Crippen molar-refractivity contribution in [1.29, 1.82) is 0 Å². The molecule has 2 rings (SSSR count). The molecular weight excluding hydrogens is 210 g/mol. The molecule has 0 N–H and O–H groups in total. The van der Waals surface area contributed by atoms with Crippen molar-refractivity contribution in [2.24, 2.45) is 0 Å². The van der Waals surface area contributed by atoms with Crippen LogP contribution in [-0.4, -0.2) is 9.74 Å². The van der Waals surface area contributed by atoms with Gasteiger partial charge < -0.3 is 0 Å². The molecule has 0 bridgehead atoms. The van der Waals surface area contributed by atoms with Gasteiger partial charge in [-0.15, -0.1) is 0 Å². The molecule has 0 unspecified atom stereocenters. The van der Waals surface area contributed by atoms with Gasteiger partial charge in [0.15, 0.2) is 5.78 Å². The molecule has 3 nitrogen and oxygen atoms in total. The van der Waals surface area contributed by atoms with Gasteiger partial charge in [0.25, 0.3) is 5.56 Å². The van der Waals surface area contributed by atoms with Crippen LogP contribution in [0.2, 0.25) is 0 Å². The molecule has 4 heteroatoms. The van der Waals surface area contributed by atoms with E-state index in [1.165, 1.54) is 15.5 Å². The zero-order valence-electron chi connectivity index (χ0n) is 8.40. The molecule has 0 saturated carbocycles. The van der Waals surface area contributed by atoms with E-state index in [0.717, 1.165) is 4.70 Å². The summed E-state index contributed by atoms with van der Waals surface area (Å²) in [6.45, 7) is 2.01. The molecule has 1 aromatic heterocycles. The number of ketones is 1. The van der Waals surface area contributed by atoms with E-state index in [9.17, 15) is 9.59 Å². The molecule has 0 amide bonds. The van der Waals surface area contributed by atoms with E-state index in [0.29, 0.717) is 11.8 Å². The minimum Gasteiger partial charge on any atom is -0.298 e. The fraction of sp³-hybridized carbons (Fsp3) is 0.273. The fourth-order valence-electron chi connectivity index (χ4n) is 1.39. The van der Waals surface area contributed by atoms with E-state index in [1.54, 1.807) is 13.0 Å². The van der Waals surface area contributed by atoms with Crippen LogP contribution in [0.25, 0.3) is 10.1 Å². The molecule has 0 aliphatic rings. The van der Waals surface area contributed by atoms with Crippen LogP contribution in [0.4, 0.5) is 0 Å². The van der Waals surface area contributed by atoms with Gasteiger partial charge in [-0.05, 0) is 12.1 Å². The number of nitrogens with zero attached hydrogens (tertiary/aromatic N) is 1. The van der Waals surface area contributed by atoms with Crippen molar-refractivity contribution in [1.82, 2.24) is 3.96 Å². The number of aromatic nitrogens is 1. The number of hydrogen-bond donors (Lipinski definition) is 0. The summed E-state index contributed by atoms with van der Waals surface area (Å²) in [4.78, 5) is 23.1. The molecule has 2 aromatic rings. The van der Waals surface area contributed by atoms with Crippen LogP contribution >= 0.6 is 11.5 Å². The Bertz CT molecular complexity index is 553. The standard InChI is InChI=1S/C11H11NO2S/c1-2-8(13)7-12-11(14)9-5-3-4-6-10(9)15-12/h3-6H,2,7H2,1H3. The Labute approximate surface area is 91.1 Å². The van der Waals surface area contributed by atoms with Crippen molar-refractivity contribution in [2.75, 3.05) is 0 Å². The smallest absolute Gasteiger partial charge is 0.268 e. The molecule has 15 heavy (non-hydrogen) atoms. The van der Waals surface area contributed by atoms with Crippen molar-refractivity contribution in [3.05, 3.63) is 34.6 Å². The Hall–Kier alpha value is -1.42. The quantitative estimate of drug-likeness (QED) is 0.795. The summed E-state index contributed by atoms with van der Waals surface area (Å²) >= 11 is 1.35. The molecule has 0 aliphatic carbocycles. The number of carbonyl (C=O) groups excluding carboxylic acids is 1. The van der Waals surface area contributed by atoms with Gasteiger partial charge in [0.2, 0.25) is 0 Å². The molecule has 1 aromatic carbocycles. The molecule has 78 valence electrons. The summed E-state index contributed by atoms with van der Waals surface area (Å²) in [5.41, 5.74) is -0.0580. The van der Waals surface area contributed by atoms with Crippen LogP contribution in [0.3, 0.4) is 0 Å². The zero-order chi connectivity index (χ0) is 10.8. The van der Waals surface area contributed by atoms with Gasteiger partial charge in [-0.2, -0.15) is 0 Å². The van der Waals surface area contributed by atoms with Gasteiger partial charge in [0.1, 0.15) is 0 Å². The van der Waals surface area contributed by atoms with Crippen LogP contribution in [0.15, 0.2) is 29.1 Å². The third-order valence-corrected chi connectivity index (χ3v) is 3.33.